The summed E-state index contributed by atoms with van der Waals surface area (Å²) in [4.78, 5) is 26.9. The number of hydrogen-bond acceptors (Lipinski definition) is 5. The van der Waals surface area contributed by atoms with Crippen molar-refractivity contribution in [2.24, 2.45) is 11.8 Å². The van der Waals surface area contributed by atoms with E-state index in [1.165, 1.54) is 0 Å². The van der Waals surface area contributed by atoms with Gasteiger partial charge in [0.15, 0.2) is 5.82 Å². The normalized spacial score (nSPS) is 21.1. The van der Waals surface area contributed by atoms with Crippen LogP contribution < -0.4 is 9.64 Å². The molecule has 1 aromatic carbocycles. The van der Waals surface area contributed by atoms with Gasteiger partial charge in [0.2, 0.25) is 5.91 Å². The van der Waals surface area contributed by atoms with E-state index in [2.05, 4.69) is 21.7 Å². The molecule has 2 saturated heterocycles. The van der Waals surface area contributed by atoms with Crippen LogP contribution in [0.1, 0.15) is 39.5 Å². The third-order valence-electron chi connectivity index (χ3n) is 5.97. The predicted octanol–water partition coefficient (Wildman–Crippen LogP) is 3.50. The zero-order chi connectivity index (χ0) is 19.5. The molecule has 2 aliphatic rings. The highest BCUT2D eigenvalue weighted by molar-refractivity contribution is 5.81. The summed E-state index contributed by atoms with van der Waals surface area (Å²) in [6, 6.07) is 7.86. The van der Waals surface area contributed by atoms with E-state index in [1.54, 1.807) is 0 Å². The van der Waals surface area contributed by atoms with Crippen molar-refractivity contribution in [1.29, 1.82) is 0 Å². The number of nitrogens with zero attached hydrogens (tertiary/aromatic N) is 4. The highest BCUT2D eigenvalue weighted by Gasteiger charge is 2.32. The van der Waals surface area contributed by atoms with Crippen molar-refractivity contribution in [2.45, 2.75) is 39.5 Å². The highest BCUT2D eigenvalue weighted by Crippen LogP contribution is 2.31. The van der Waals surface area contributed by atoms with E-state index in [4.69, 9.17) is 9.72 Å². The van der Waals surface area contributed by atoms with Gasteiger partial charge in [0.05, 0.1) is 23.6 Å². The molecule has 1 aromatic heterocycles. The van der Waals surface area contributed by atoms with Crippen LogP contribution in [0.4, 0.5) is 5.82 Å². The smallest absolute Gasteiger partial charge is 0.258 e. The van der Waals surface area contributed by atoms with Crippen molar-refractivity contribution >= 4 is 22.8 Å². The molecular weight excluding hydrogens is 352 g/mol. The van der Waals surface area contributed by atoms with E-state index in [9.17, 15) is 4.79 Å². The van der Waals surface area contributed by atoms with Gasteiger partial charge in [0.25, 0.3) is 5.88 Å². The van der Waals surface area contributed by atoms with Gasteiger partial charge in [0, 0.05) is 26.2 Å². The highest BCUT2D eigenvalue weighted by atomic mass is 16.5. The molecule has 28 heavy (non-hydrogen) atoms. The second-order valence-electron chi connectivity index (χ2n) is 8.07. The maximum atomic E-state index is 13.1. The number of benzene rings is 1. The summed E-state index contributed by atoms with van der Waals surface area (Å²) in [7, 11) is 0. The Balaban J connectivity index is 1.55. The lowest BCUT2D eigenvalue weighted by atomic mass is 9.93. The van der Waals surface area contributed by atoms with Crippen LogP contribution in [0.5, 0.6) is 5.88 Å². The number of carbonyl (C=O) groups is 1. The first-order valence-corrected chi connectivity index (χ1v) is 10.6. The summed E-state index contributed by atoms with van der Waals surface area (Å²) in [5.74, 6) is 2.41. The van der Waals surface area contributed by atoms with Gasteiger partial charge in [-0.3, -0.25) is 4.79 Å². The maximum absolute atomic E-state index is 13.1. The molecule has 1 amide bonds. The van der Waals surface area contributed by atoms with Crippen LogP contribution in [-0.4, -0.2) is 53.6 Å². The van der Waals surface area contributed by atoms with Crippen LogP contribution >= 0.6 is 0 Å². The summed E-state index contributed by atoms with van der Waals surface area (Å²) in [6.45, 7) is 8.15. The zero-order valence-corrected chi connectivity index (χ0v) is 16.9. The Kier molecular flexibility index (Phi) is 5.64. The van der Waals surface area contributed by atoms with Gasteiger partial charge in [-0.25, -0.2) is 9.97 Å². The van der Waals surface area contributed by atoms with Gasteiger partial charge >= 0.3 is 0 Å². The van der Waals surface area contributed by atoms with Crippen molar-refractivity contribution in [3.05, 3.63) is 24.3 Å². The van der Waals surface area contributed by atoms with Crippen molar-refractivity contribution < 1.29 is 9.53 Å². The molecule has 0 bridgehead atoms. The Labute approximate surface area is 166 Å². The molecule has 1 atom stereocenters. The molecule has 0 saturated carbocycles. The van der Waals surface area contributed by atoms with E-state index >= 15 is 0 Å². The van der Waals surface area contributed by atoms with E-state index in [-0.39, 0.29) is 5.92 Å². The molecule has 2 aromatic rings. The van der Waals surface area contributed by atoms with Crippen molar-refractivity contribution in [2.75, 3.05) is 37.7 Å². The van der Waals surface area contributed by atoms with Crippen LogP contribution in [0.25, 0.3) is 11.0 Å². The quantitative estimate of drug-likeness (QED) is 0.810. The Morgan fingerprint density at radius 2 is 1.82 bits per heavy atom. The molecule has 6 nitrogen and oxygen atoms in total. The van der Waals surface area contributed by atoms with Crippen molar-refractivity contribution in [3.8, 4) is 5.88 Å². The predicted molar refractivity (Wildman–Crippen MR) is 111 cm³/mol. The van der Waals surface area contributed by atoms with Gasteiger partial charge in [-0.1, -0.05) is 19.1 Å². The fraction of sp³-hybridized carbons (Fsp3) is 0.591. The fourth-order valence-electron chi connectivity index (χ4n) is 4.27. The number of ether oxygens (including phenoxy) is 1. The molecule has 3 heterocycles. The minimum absolute atomic E-state index is 0.0323. The first-order chi connectivity index (χ1) is 13.7. The average Bonchev–Trinajstić information content (AvgIpc) is 2.73. The second-order valence-corrected chi connectivity index (χ2v) is 8.07. The molecule has 2 fully saturated rings. The van der Waals surface area contributed by atoms with Gasteiger partial charge in [-0.05, 0) is 50.7 Å². The van der Waals surface area contributed by atoms with E-state index in [0.717, 1.165) is 68.1 Å². The van der Waals surface area contributed by atoms with Gasteiger partial charge in [-0.15, -0.1) is 0 Å². The third kappa shape index (κ3) is 3.91. The minimum Gasteiger partial charge on any atom is -0.475 e. The Hall–Kier alpha value is -2.37. The van der Waals surface area contributed by atoms with E-state index < -0.39 is 0 Å². The van der Waals surface area contributed by atoms with Crippen LogP contribution in [0.15, 0.2) is 24.3 Å². The number of likely N-dealkylation sites (tertiary alicyclic amines) is 1. The standard InChI is InChI=1S/C22H30N4O2/c1-3-28-21-20(23-18-8-4-5-9-19(18)24-21)26-12-6-7-17(15-26)22(27)25-13-10-16(2)11-14-25/h4-5,8-9,16-17H,3,6-7,10-15H2,1-2H3/t17-/m1/s1. The maximum Gasteiger partial charge on any atom is 0.258 e. The largest absolute Gasteiger partial charge is 0.475 e. The van der Waals surface area contributed by atoms with Crippen molar-refractivity contribution in [3.63, 3.8) is 0 Å². The van der Waals surface area contributed by atoms with Crippen LogP contribution in [0.3, 0.4) is 0 Å². The number of anilines is 1. The topological polar surface area (TPSA) is 58.6 Å². The number of amides is 1. The lowest BCUT2D eigenvalue weighted by Gasteiger charge is -2.38. The molecule has 2 aliphatic heterocycles. The van der Waals surface area contributed by atoms with Crippen molar-refractivity contribution in [1.82, 2.24) is 14.9 Å². The summed E-state index contributed by atoms with van der Waals surface area (Å²) >= 11 is 0. The third-order valence-corrected chi connectivity index (χ3v) is 5.97. The number of rotatable bonds is 4. The summed E-state index contributed by atoms with van der Waals surface area (Å²) < 4.78 is 5.81. The second kappa shape index (κ2) is 8.33. The van der Waals surface area contributed by atoms with Crippen LogP contribution in [-0.2, 0) is 4.79 Å². The first-order valence-electron chi connectivity index (χ1n) is 10.6. The summed E-state index contributed by atoms with van der Waals surface area (Å²) in [5.41, 5.74) is 1.70. The molecule has 0 radical (unpaired) electrons. The Bertz CT molecular complexity index is 832. The molecular formula is C22H30N4O2. The first kappa shape index (κ1) is 19.0. The van der Waals surface area contributed by atoms with Gasteiger partial charge < -0.3 is 14.5 Å². The molecule has 0 N–H and O–H groups in total. The van der Waals surface area contributed by atoms with Crippen LogP contribution in [0, 0.1) is 11.8 Å². The lowest BCUT2D eigenvalue weighted by molar-refractivity contribution is -0.137. The molecule has 0 spiro atoms. The van der Waals surface area contributed by atoms with E-state index in [1.807, 2.05) is 31.2 Å². The number of fused-ring (bicyclic) bond motifs is 1. The zero-order valence-electron chi connectivity index (χ0n) is 16.9. The molecule has 6 heteroatoms. The number of hydrogen-bond donors (Lipinski definition) is 0. The summed E-state index contributed by atoms with van der Waals surface area (Å²) in [6.07, 6.45) is 4.17. The molecule has 0 unspecified atom stereocenters. The Morgan fingerprint density at radius 3 is 2.54 bits per heavy atom. The fourth-order valence-corrected chi connectivity index (χ4v) is 4.27. The summed E-state index contributed by atoms with van der Waals surface area (Å²) in [5, 5.41) is 0. The Morgan fingerprint density at radius 1 is 1.11 bits per heavy atom. The lowest BCUT2D eigenvalue weighted by Crippen LogP contribution is -2.47. The molecule has 4 rings (SSSR count). The SMILES string of the molecule is CCOc1nc2ccccc2nc1N1CCC[C@@H](C(=O)N2CCC(C)CC2)C1. The van der Waals surface area contributed by atoms with Gasteiger partial charge in [0.1, 0.15) is 0 Å². The number of aromatic nitrogens is 2. The van der Waals surface area contributed by atoms with Gasteiger partial charge in [-0.2, -0.15) is 0 Å². The van der Waals surface area contributed by atoms with E-state index in [0.29, 0.717) is 24.9 Å². The monoisotopic (exact) mass is 382 g/mol. The minimum atomic E-state index is 0.0323. The number of carbonyl (C=O) groups excluding carboxylic acids is 1. The molecule has 0 aliphatic carbocycles. The number of piperidine rings is 2. The van der Waals surface area contributed by atoms with Crippen LogP contribution in [0.2, 0.25) is 0 Å². The molecule has 150 valence electrons. The average molecular weight is 383 g/mol. The number of para-hydroxylation sites is 2.